The lowest BCUT2D eigenvalue weighted by molar-refractivity contribution is -0.385. The minimum absolute atomic E-state index is 0.184. The van der Waals surface area contributed by atoms with Crippen molar-refractivity contribution in [2.24, 2.45) is 0 Å². The third kappa shape index (κ3) is 4.59. The molecule has 2 saturated heterocycles. The molecule has 1 amide bonds. The Morgan fingerprint density at radius 1 is 1.12 bits per heavy atom. The van der Waals surface area contributed by atoms with Gasteiger partial charge in [0.2, 0.25) is 5.91 Å². The van der Waals surface area contributed by atoms with Crippen LogP contribution in [-0.4, -0.2) is 70.8 Å². The molecule has 0 spiro atoms. The van der Waals surface area contributed by atoms with Crippen LogP contribution in [-0.2, 0) is 11.3 Å². The van der Waals surface area contributed by atoms with Gasteiger partial charge in [-0.05, 0) is 26.2 Å². The van der Waals surface area contributed by atoms with Crippen LogP contribution in [0.1, 0.15) is 31.7 Å². The second-order valence-electron chi connectivity index (χ2n) is 7.37. The first-order chi connectivity index (χ1) is 12.5. The van der Waals surface area contributed by atoms with E-state index in [1.54, 1.807) is 12.1 Å². The molecule has 2 aliphatic rings. The summed E-state index contributed by atoms with van der Waals surface area (Å²) in [6, 6.07) is 7.29. The smallest absolute Gasteiger partial charge is 0.273 e. The van der Waals surface area contributed by atoms with Gasteiger partial charge in [0, 0.05) is 56.9 Å². The zero-order valence-corrected chi connectivity index (χ0v) is 15.5. The van der Waals surface area contributed by atoms with Crippen molar-refractivity contribution in [2.75, 3.05) is 39.3 Å². The third-order valence-electron chi connectivity index (χ3n) is 5.53. The topological polar surface area (TPSA) is 69.9 Å². The minimum Gasteiger partial charge on any atom is -0.339 e. The van der Waals surface area contributed by atoms with Gasteiger partial charge in [0.25, 0.3) is 5.69 Å². The van der Waals surface area contributed by atoms with Gasteiger partial charge in [0.1, 0.15) is 0 Å². The Labute approximate surface area is 154 Å². The fourth-order valence-electron chi connectivity index (χ4n) is 3.92. The largest absolute Gasteiger partial charge is 0.339 e. The maximum Gasteiger partial charge on any atom is 0.273 e. The molecule has 1 aromatic rings. The zero-order valence-electron chi connectivity index (χ0n) is 15.5. The highest BCUT2D eigenvalue weighted by Gasteiger charge is 2.26. The summed E-state index contributed by atoms with van der Waals surface area (Å²) in [6.07, 6.45) is 3.43. The normalized spacial score (nSPS) is 22.3. The van der Waals surface area contributed by atoms with E-state index in [0.717, 1.165) is 51.1 Å². The SMILES string of the molecule is CC1CCCCN1C(=O)CN1CCN(Cc2ccccc2[N+](=O)[O-])CC1. The summed E-state index contributed by atoms with van der Waals surface area (Å²) in [5.74, 6) is 0.240. The first-order valence-electron chi connectivity index (χ1n) is 9.51. The molecule has 1 unspecified atom stereocenters. The Balaban J connectivity index is 1.49. The number of piperidine rings is 1. The van der Waals surface area contributed by atoms with E-state index < -0.39 is 0 Å². The van der Waals surface area contributed by atoms with Crippen molar-refractivity contribution in [1.29, 1.82) is 0 Å². The molecule has 2 heterocycles. The number of carbonyl (C=O) groups is 1. The predicted molar refractivity (Wildman–Crippen MR) is 99.8 cm³/mol. The Hall–Kier alpha value is -1.99. The maximum absolute atomic E-state index is 12.6. The number of hydrogen-bond donors (Lipinski definition) is 0. The summed E-state index contributed by atoms with van der Waals surface area (Å²) >= 11 is 0. The molecule has 1 aromatic carbocycles. The van der Waals surface area contributed by atoms with Crippen molar-refractivity contribution in [1.82, 2.24) is 14.7 Å². The number of hydrogen-bond acceptors (Lipinski definition) is 5. The van der Waals surface area contributed by atoms with E-state index in [4.69, 9.17) is 0 Å². The lowest BCUT2D eigenvalue weighted by Gasteiger charge is -2.38. The molecule has 26 heavy (non-hydrogen) atoms. The van der Waals surface area contributed by atoms with Crippen LogP contribution in [0.5, 0.6) is 0 Å². The average Bonchev–Trinajstić information content (AvgIpc) is 2.64. The molecule has 2 fully saturated rings. The van der Waals surface area contributed by atoms with Gasteiger partial charge in [-0.3, -0.25) is 24.7 Å². The van der Waals surface area contributed by atoms with E-state index in [-0.39, 0.29) is 16.5 Å². The van der Waals surface area contributed by atoms with Crippen molar-refractivity contribution in [2.45, 2.75) is 38.8 Å². The monoisotopic (exact) mass is 360 g/mol. The Kier molecular flexibility index (Phi) is 6.21. The number of benzene rings is 1. The molecule has 1 atom stereocenters. The third-order valence-corrected chi connectivity index (χ3v) is 5.53. The molecule has 0 radical (unpaired) electrons. The molecular weight excluding hydrogens is 332 g/mol. The van der Waals surface area contributed by atoms with Gasteiger partial charge in [-0.25, -0.2) is 0 Å². The predicted octanol–water partition coefficient (Wildman–Crippen LogP) is 2.11. The van der Waals surface area contributed by atoms with Crippen molar-refractivity contribution in [3.63, 3.8) is 0 Å². The Morgan fingerprint density at radius 3 is 2.50 bits per heavy atom. The van der Waals surface area contributed by atoms with Crippen LogP contribution >= 0.6 is 0 Å². The van der Waals surface area contributed by atoms with E-state index in [1.165, 1.54) is 6.42 Å². The lowest BCUT2D eigenvalue weighted by Crippen LogP contribution is -2.51. The molecule has 7 heteroatoms. The second kappa shape index (κ2) is 8.60. The van der Waals surface area contributed by atoms with E-state index in [2.05, 4.69) is 16.7 Å². The van der Waals surface area contributed by atoms with Gasteiger partial charge in [0.05, 0.1) is 11.5 Å². The molecule has 0 aromatic heterocycles. The van der Waals surface area contributed by atoms with E-state index in [9.17, 15) is 14.9 Å². The number of piperazine rings is 1. The number of nitro groups is 1. The van der Waals surface area contributed by atoms with Crippen LogP contribution in [0.25, 0.3) is 0 Å². The number of amides is 1. The summed E-state index contributed by atoms with van der Waals surface area (Å²) in [5.41, 5.74) is 0.938. The van der Waals surface area contributed by atoms with Crippen LogP contribution < -0.4 is 0 Å². The molecule has 0 aliphatic carbocycles. The number of nitrogens with zero attached hydrogens (tertiary/aromatic N) is 4. The highest BCUT2D eigenvalue weighted by atomic mass is 16.6. The molecule has 3 rings (SSSR count). The Morgan fingerprint density at radius 2 is 1.81 bits per heavy atom. The second-order valence-corrected chi connectivity index (χ2v) is 7.37. The number of nitro benzene ring substituents is 1. The number of rotatable bonds is 5. The minimum atomic E-state index is -0.315. The zero-order chi connectivity index (χ0) is 18.5. The van der Waals surface area contributed by atoms with Crippen LogP contribution in [0.4, 0.5) is 5.69 Å². The van der Waals surface area contributed by atoms with Gasteiger partial charge in [0.15, 0.2) is 0 Å². The van der Waals surface area contributed by atoms with Crippen LogP contribution in [0.2, 0.25) is 0 Å². The number of carbonyl (C=O) groups excluding carboxylic acids is 1. The maximum atomic E-state index is 12.6. The van der Waals surface area contributed by atoms with Gasteiger partial charge < -0.3 is 4.90 Å². The molecule has 0 saturated carbocycles. The standard InChI is InChI=1S/C19H28N4O3/c1-16-6-4-5-9-22(16)19(24)15-21-12-10-20(11-13-21)14-17-7-2-3-8-18(17)23(25)26/h2-3,7-8,16H,4-6,9-15H2,1H3. The van der Waals surface area contributed by atoms with Gasteiger partial charge in [-0.15, -0.1) is 0 Å². The highest BCUT2D eigenvalue weighted by molar-refractivity contribution is 5.78. The first kappa shape index (κ1) is 18.8. The summed E-state index contributed by atoms with van der Waals surface area (Å²) in [7, 11) is 0. The van der Waals surface area contributed by atoms with E-state index in [1.807, 2.05) is 17.0 Å². The van der Waals surface area contributed by atoms with Gasteiger partial charge in [-0.1, -0.05) is 18.2 Å². The molecule has 0 bridgehead atoms. The first-order valence-corrected chi connectivity index (χ1v) is 9.51. The summed E-state index contributed by atoms with van der Waals surface area (Å²) in [5, 5.41) is 11.2. The van der Waals surface area contributed by atoms with Crippen LogP contribution in [0, 0.1) is 10.1 Å². The van der Waals surface area contributed by atoms with Gasteiger partial charge >= 0.3 is 0 Å². The molecule has 2 aliphatic heterocycles. The van der Waals surface area contributed by atoms with Gasteiger partial charge in [-0.2, -0.15) is 0 Å². The fraction of sp³-hybridized carbons (Fsp3) is 0.632. The van der Waals surface area contributed by atoms with Crippen molar-refractivity contribution >= 4 is 11.6 Å². The number of likely N-dealkylation sites (tertiary alicyclic amines) is 1. The van der Waals surface area contributed by atoms with E-state index >= 15 is 0 Å². The summed E-state index contributed by atoms with van der Waals surface area (Å²) in [4.78, 5) is 29.9. The van der Waals surface area contributed by atoms with Crippen molar-refractivity contribution < 1.29 is 9.72 Å². The fourth-order valence-corrected chi connectivity index (χ4v) is 3.92. The van der Waals surface area contributed by atoms with Crippen LogP contribution in [0.15, 0.2) is 24.3 Å². The van der Waals surface area contributed by atoms with Crippen molar-refractivity contribution in [3.05, 3.63) is 39.9 Å². The van der Waals surface area contributed by atoms with Crippen LogP contribution in [0.3, 0.4) is 0 Å². The average molecular weight is 360 g/mol. The summed E-state index contributed by atoms with van der Waals surface area (Å²) in [6.45, 7) is 7.41. The Bertz CT molecular complexity index is 643. The van der Waals surface area contributed by atoms with Crippen molar-refractivity contribution in [3.8, 4) is 0 Å². The molecule has 7 nitrogen and oxygen atoms in total. The molecule has 0 N–H and O–H groups in total. The lowest BCUT2D eigenvalue weighted by atomic mass is 10.0. The quantitative estimate of drug-likeness (QED) is 0.594. The molecule has 142 valence electrons. The van der Waals surface area contributed by atoms with E-state index in [0.29, 0.717) is 19.1 Å². The highest BCUT2D eigenvalue weighted by Crippen LogP contribution is 2.20. The molecular formula is C19H28N4O3. The number of para-hydroxylation sites is 1. The summed E-state index contributed by atoms with van der Waals surface area (Å²) < 4.78 is 0.